The van der Waals surface area contributed by atoms with Crippen LogP contribution in [0.25, 0.3) is 0 Å². The summed E-state index contributed by atoms with van der Waals surface area (Å²) in [4.78, 5) is 15.6. The normalized spacial score (nSPS) is 10.4. The molecule has 0 aliphatic carbocycles. The van der Waals surface area contributed by atoms with Crippen molar-refractivity contribution in [1.82, 2.24) is 9.55 Å². The number of phenols is 1. The van der Waals surface area contributed by atoms with Crippen molar-refractivity contribution >= 4 is 5.97 Å². The van der Waals surface area contributed by atoms with E-state index in [1.807, 2.05) is 20.0 Å². The summed E-state index contributed by atoms with van der Waals surface area (Å²) >= 11 is 0. The SMILES string of the molecule is Cc1cc(O)ccc1C#Cc1ccc(C(=O)O)cc1CCCn1ccnc1C. The lowest BCUT2D eigenvalue weighted by Crippen LogP contribution is -2.03. The van der Waals surface area contributed by atoms with Gasteiger partial charge in [0.05, 0.1) is 5.56 Å². The van der Waals surface area contributed by atoms with Gasteiger partial charge in [0.15, 0.2) is 0 Å². The zero-order valence-electron chi connectivity index (χ0n) is 15.9. The number of rotatable bonds is 5. The van der Waals surface area contributed by atoms with Crippen molar-refractivity contribution in [2.45, 2.75) is 33.2 Å². The minimum absolute atomic E-state index is 0.212. The summed E-state index contributed by atoms with van der Waals surface area (Å²) in [6, 6.07) is 10.1. The van der Waals surface area contributed by atoms with Crippen LogP contribution < -0.4 is 0 Å². The van der Waals surface area contributed by atoms with Crippen molar-refractivity contribution in [2.75, 3.05) is 0 Å². The van der Waals surface area contributed by atoms with Crippen molar-refractivity contribution in [3.8, 4) is 17.6 Å². The first-order valence-corrected chi connectivity index (χ1v) is 9.09. The molecule has 3 rings (SSSR count). The number of hydrogen-bond donors (Lipinski definition) is 2. The molecule has 0 amide bonds. The molecule has 0 aliphatic rings. The molecule has 0 spiro atoms. The van der Waals surface area contributed by atoms with Gasteiger partial charge in [-0.15, -0.1) is 0 Å². The van der Waals surface area contributed by atoms with Crippen molar-refractivity contribution in [2.24, 2.45) is 0 Å². The van der Waals surface area contributed by atoms with Gasteiger partial charge in [0.1, 0.15) is 11.6 Å². The Hall–Kier alpha value is -3.52. The first-order chi connectivity index (χ1) is 13.4. The Morgan fingerprint density at radius 1 is 1.11 bits per heavy atom. The first-order valence-electron chi connectivity index (χ1n) is 9.09. The zero-order chi connectivity index (χ0) is 20.1. The van der Waals surface area contributed by atoms with Crippen LogP contribution in [0.5, 0.6) is 5.75 Å². The van der Waals surface area contributed by atoms with Gasteiger partial charge in [-0.1, -0.05) is 11.8 Å². The Balaban J connectivity index is 1.85. The van der Waals surface area contributed by atoms with Crippen LogP contribution >= 0.6 is 0 Å². The van der Waals surface area contributed by atoms with Crippen LogP contribution in [0.15, 0.2) is 48.8 Å². The highest BCUT2D eigenvalue weighted by Gasteiger charge is 2.08. The average molecular weight is 374 g/mol. The molecule has 5 nitrogen and oxygen atoms in total. The summed E-state index contributed by atoms with van der Waals surface area (Å²) in [6.07, 6.45) is 5.29. The molecule has 2 aromatic carbocycles. The van der Waals surface area contributed by atoms with Crippen LogP contribution in [0.4, 0.5) is 0 Å². The van der Waals surface area contributed by atoms with Crippen LogP contribution in [0.2, 0.25) is 0 Å². The number of hydrogen-bond acceptors (Lipinski definition) is 3. The van der Waals surface area contributed by atoms with Crippen LogP contribution in [0.3, 0.4) is 0 Å². The van der Waals surface area contributed by atoms with Gasteiger partial charge in [-0.3, -0.25) is 0 Å². The minimum Gasteiger partial charge on any atom is -0.508 e. The van der Waals surface area contributed by atoms with Crippen molar-refractivity contribution in [3.63, 3.8) is 0 Å². The molecule has 0 saturated heterocycles. The minimum atomic E-state index is -0.944. The van der Waals surface area contributed by atoms with Crippen molar-refractivity contribution in [3.05, 3.63) is 82.4 Å². The van der Waals surface area contributed by atoms with E-state index in [1.54, 1.807) is 42.6 Å². The smallest absolute Gasteiger partial charge is 0.335 e. The summed E-state index contributed by atoms with van der Waals surface area (Å²) in [7, 11) is 0. The number of aryl methyl sites for hydroxylation is 4. The molecule has 28 heavy (non-hydrogen) atoms. The molecular weight excluding hydrogens is 352 g/mol. The highest BCUT2D eigenvalue weighted by Crippen LogP contribution is 2.17. The van der Waals surface area contributed by atoms with Gasteiger partial charge >= 0.3 is 5.97 Å². The largest absolute Gasteiger partial charge is 0.508 e. The van der Waals surface area contributed by atoms with E-state index in [0.29, 0.717) is 0 Å². The number of nitrogens with zero attached hydrogens (tertiary/aromatic N) is 2. The molecule has 0 atom stereocenters. The lowest BCUT2D eigenvalue weighted by molar-refractivity contribution is 0.0696. The maximum Gasteiger partial charge on any atom is 0.335 e. The fourth-order valence-electron chi connectivity index (χ4n) is 3.06. The van der Waals surface area contributed by atoms with E-state index in [0.717, 1.165) is 47.5 Å². The fourth-order valence-corrected chi connectivity index (χ4v) is 3.06. The van der Waals surface area contributed by atoms with Crippen molar-refractivity contribution in [1.29, 1.82) is 0 Å². The molecule has 0 saturated carbocycles. The second-order valence-electron chi connectivity index (χ2n) is 6.70. The third-order valence-corrected chi connectivity index (χ3v) is 4.66. The summed E-state index contributed by atoms with van der Waals surface area (Å²) in [5, 5.41) is 18.8. The van der Waals surface area contributed by atoms with Crippen molar-refractivity contribution < 1.29 is 15.0 Å². The number of imidazole rings is 1. The van der Waals surface area contributed by atoms with Crippen LogP contribution in [-0.2, 0) is 13.0 Å². The Kier molecular flexibility index (Phi) is 5.81. The maximum atomic E-state index is 11.4. The molecule has 0 unspecified atom stereocenters. The Morgan fingerprint density at radius 2 is 1.86 bits per heavy atom. The van der Waals surface area contributed by atoms with Gasteiger partial charge in [0.25, 0.3) is 0 Å². The van der Waals surface area contributed by atoms with Crippen LogP contribution in [0, 0.1) is 25.7 Å². The molecule has 1 aromatic heterocycles. The Bertz CT molecular complexity index is 1070. The molecule has 5 heteroatoms. The second-order valence-corrected chi connectivity index (χ2v) is 6.70. The third-order valence-electron chi connectivity index (χ3n) is 4.66. The number of aromatic hydroxyl groups is 1. The molecule has 0 aliphatic heterocycles. The van der Waals surface area contributed by atoms with Gasteiger partial charge in [-0.2, -0.15) is 0 Å². The van der Waals surface area contributed by atoms with E-state index in [1.165, 1.54) is 0 Å². The number of carboxylic acid groups (broad SMARTS) is 1. The monoisotopic (exact) mass is 374 g/mol. The number of benzene rings is 2. The lowest BCUT2D eigenvalue weighted by Gasteiger charge is -2.08. The van der Waals surface area contributed by atoms with Crippen LogP contribution in [-0.4, -0.2) is 25.7 Å². The zero-order valence-corrected chi connectivity index (χ0v) is 15.9. The van der Waals surface area contributed by atoms with E-state index in [-0.39, 0.29) is 11.3 Å². The first kappa shape index (κ1) is 19.2. The summed E-state index contributed by atoms with van der Waals surface area (Å²) in [5.41, 5.74) is 3.73. The van der Waals surface area contributed by atoms with Gasteiger partial charge in [-0.25, -0.2) is 9.78 Å². The molecule has 0 bridgehead atoms. The van der Waals surface area contributed by atoms with E-state index in [9.17, 15) is 15.0 Å². The maximum absolute atomic E-state index is 11.4. The number of phenolic OH excluding ortho intramolecular Hbond substituents is 1. The standard InChI is InChI=1S/C23H22N2O3/c1-16-14-22(26)10-9-18(16)5-6-19-7-8-21(23(27)28)15-20(19)4-3-12-25-13-11-24-17(25)2/h7-11,13-15,26H,3-4,12H2,1-2H3,(H,27,28). The van der Waals surface area contributed by atoms with E-state index in [2.05, 4.69) is 21.4 Å². The molecule has 142 valence electrons. The third kappa shape index (κ3) is 4.60. The van der Waals surface area contributed by atoms with E-state index < -0.39 is 5.97 Å². The lowest BCUT2D eigenvalue weighted by atomic mass is 9.99. The molecule has 0 fully saturated rings. The van der Waals surface area contributed by atoms with Gasteiger partial charge in [-0.05, 0) is 74.2 Å². The van der Waals surface area contributed by atoms with E-state index >= 15 is 0 Å². The molecular formula is C23H22N2O3. The average Bonchev–Trinajstić information content (AvgIpc) is 3.06. The van der Waals surface area contributed by atoms with Gasteiger partial charge in [0.2, 0.25) is 0 Å². The molecule has 0 radical (unpaired) electrons. The topological polar surface area (TPSA) is 75.3 Å². The number of aromatic carboxylic acids is 1. The van der Waals surface area contributed by atoms with Gasteiger partial charge in [0, 0.05) is 30.1 Å². The van der Waals surface area contributed by atoms with Crippen LogP contribution in [0.1, 0.15) is 44.9 Å². The van der Waals surface area contributed by atoms with E-state index in [4.69, 9.17) is 0 Å². The highest BCUT2D eigenvalue weighted by molar-refractivity contribution is 5.88. The molecule has 2 N–H and O–H groups in total. The highest BCUT2D eigenvalue weighted by atomic mass is 16.4. The second kappa shape index (κ2) is 8.45. The summed E-state index contributed by atoms with van der Waals surface area (Å²) < 4.78 is 2.08. The summed E-state index contributed by atoms with van der Waals surface area (Å²) in [6.45, 7) is 4.67. The number of carboxylic acids is 1. The fraction of sp³-hybridized carbons (Fsp3) is 0.217. The Labute approximate surface area is 164 Å². The van der Waals surface area contributed by atoms with Gasteiger partial charge < -0.3 is 14.8 Å². The molecule has 3 aromatic rings. The number of aromatic nitrogens is 2. The predicted octanol–water partition coefficient (Wildman–Crippen LogP) is 3.94. The Morgan fingerprint density at radius 3 is 2.54 bits per heavy atom. The number of carbonyl (C=O) groups is 1. The molecule has 1 heterocycles. The summed E-state index contributed by atoms with van der Waals surface area (Å²) in [5.74, 6) is 6.53. The quantitative estimate of drug-likeness (QED) is 0.664. The predicted molar refractivity (Wildman–Crippen MR) is 108 cm³/mol.